The van der Waals surface area contributed by atoms with Crippen molar-refractivity contribution in [2.75, 3.05) is 20.3 Å². The molecule has 132 valence electrons. The number of carbonyl (C=O) groups is 1. The number of hydrogen-bond acceptors (Lipinski definition) is 4. The summed E-state index contributed by atoms with van der Waals surface area (Å²) in [5.41, 5.74) is 0.937. The summed E-state index contributed by atoms with van der Waals surface area (Å²) in [6.07, 6.45) is 4.98. The van der Waals surface area contributed by atoms with Gasteiger partial charge >= 0.3 is 0 Å². The normalized spacial score (nSPS) is 10.1. The van der Waals surface area contributed by atoms with Crippen LogP contribution in [0.1, 0.15) is 44.6 Å². The Hall–Kier alpha value is -1.93. The summed E-state index contributed by atoms with van der Waals surface area (Å²) in [4.78, 5) is 11.3. The molecule has 1 aromatic carbocycles. The fourth-order valence-electron chi connectivity index (χ4n) is 2.24. The topological polar surface area (TPSA) is 71.3 Å². The summed E-state index contributed by atoms with van der Waals surface area (Å²) in [6, 6.07) is 5.50. The maximum absolute atomic E-state index is 11.3. The summed E-state index contributed by atoms with van der Waals surface area (Å²) in [5.74, 6) is 0.881. The van der Waals surface area contributed by atoms with Crippen LogP contribution in [-0.4, -0.2) is 26.2 Å². The van der Waals surface area contributed by atoms with E-state index in [0.29, 0.717) is 36.1 Å². The number of rotatable bonds is 11. The Morgan fingerprint density at radius 3 is 2.79 bits per heavy atom. The van der Waals surface area contributed by atoms with Crippen molar-refractivity contribution in [1.82, 2.24) is 5.32 Å². The van der Waals surface area contributed by atoms with Crippen LogP contribution in [0.3, 0.4) is 0 Å². The van der Waals surface area contributed by atoms with Gasteiger partial charge < -0.3 is 14.8 Å². The smallest absolute Gasteiger partial charge is 0.234 e. The zero-order chi connectivity index (χ0) is 17.8. The first-order valence-corrected chi connectivity index (χ1v) is 8.63. The van der Waals surface area contributed by atoms with Crippen molar-refractivity contribution in [3.63, 3.8) is 0 Å². The molecule has 0 aliphatic rings. The zero-order valence-electron chi connectivity index (χ0n) is 14.4. The largest absolute Gasteiger partial charge is 0.493 e. The van der Waals surface area contributed by atoms with Gasteiger partial charge in [0.1, 0.15) is 6.42 Å². The van der Waals surface area contributed by atoms with Gasteiger partial charge in [-0.25, -0.2) is 0 Å². The van der Waals surface area contributed by atoms with Crippen LogP contribution < -0.4 is 14.8 Å². The lowest BCUT2D eigenvalue weighted by atomic mass is 10.1. The van der Waals surface area contributed by atoms with Crippen LogP contribution in [0.25, 0.3) is 0 Å². The van der Waals surface area contributed by atoms with Crippen molar-refractivity contribution in [1.29, 1.82) is 5.26 Å². The fraction of sp³-hybridized carbons (Fsp3) is 0.556. The predicted molar refractivity (Wildman–Crippen MR) is 94.6 cm³/mol. The van der Waals surface area contributed by atoms with Gasteiger partial charge in [-0.05, 0) is 30.5 Å². The van der Waals surface area contributed by atoms with E-state index in [-0.39, 0.29) is 12.3 Å². The minimum absolute atomic E-state index is 0.130. The molecule has 0 aliphatic carbocycles. The molecule has 24 heavy (non-hydrogen) atoms. The van der Waals surface area contributed by atoms with Gasteiger partial charge in [0, 0.05) is 6.54 Å². The van der Waals surface area contributed by atoms with Crippen LogP contribution in [-0.2, 0) is 11.2 Å². The molecule has 0 heterocycles. The molecule has 0 saturated heterocycles. The molecule has 0 bridgehead atoms. The number of methoxy groups -OCH3 is 1. The van der Waals surface area contributed by atoms with E-state index in [1.54, 1.807) is 7.11 Å². The van der Waals surface area contributed by atoms with E-state index in [9.17, 15) is 4.79 Å². The molecule has 1 N–H and O–H groups in total. The Morgan fingerprint density at radius 1 is 1.33 bits per heavy atom. The molecule has 0 radical (unpaired) electrons. The van der Waals surface area contributed by atoms with Crippen LogP contribution in [0.4, 0.5) is 0 Å². The quantitative estimate of drug-likeness (QED) is 0.613. The Bertz CT molecular complexity index is 570. The second kappa shape index (κ2) is 11.6. The van der Waals surface area contributed by atoms with Crippen molar-refractivity contribution < 1.29 is 14.3 Å². The molecule has 6 heteroatoms. The SMILES string of the molecule is CCCCCCOc1c(Cl)cc(CCNC(=O)CC#N)cc1OC. The van der Waals surface area contributed by atoms with Crippen LogP contribution in [0, 0.1) is 11.3 Å². The molecule has 1 aromatic rings. The number of ether oxygens (including phenoxy) is 2. The monoisotopic (exact) mass is 352 g/mol. The van der Waals surface area contributed by atoms with Crippen LogP contribution in [0.2, 0.25) is 5.02 Å². The van der Waals surface area contributed by atoms with Gasteiger partial charge in [-0.15, -0.1) is 0 Å². The number of benzene rings is 1. The fourth-order valence-corrected chi connectivity index (χ4v) is 2.53. The summed E-state index contributed by atoms with van der Waals surface area (Å²) < 4.78 is 11.1. The molecule has 0 fully saturated rings. The highest BCUT2D eigenvalue weighted by molar-refractivity contribution is 6.32. The number of nitrogens with zero attached hydrogens (tertiary/aromatic N) is 1. The number of unbranched alkanes of at least 4 members (excludes halogenated alkanes) is 3. The zero-order valence-corrected chi connectivity index (χ0v) is 15.1. The first kappa shape index (κ1) is 20.1. The van der Waals surface area contributed by atoms with Gasteiger partial charge in [0.05, 0.1) is 24.8 Å². The molecule has 1 amide bonds. The second-order valence-electron chi connectivity index (χ2n) is 5.45. The molecular formula is C18H25ClN2O3. The van der Waals surface area contributed by atoms with Gasteiger partial charge in [0.15, 0.2) is 11.5 Å². The average Bonchev–Trinajstić information content (AvgIpc) is 2.56. The van der Waals surface area contributed by atoms with Gasteiger partial charge in [-0.3, -0.25) is 4.79 Å². The van der Waals surface area contributed by atoms with E-state index in [4.69, 9.17) is 26.3 Å². The van der Waals surface area contributed by atoms with Gasteiger partial charge in [0.25, 0.3) is 0 Å². The highest BCUT2D eigenvalue weighted by Crippen LogP contribution is 2.36. The van der Waals surface area contributed by atoms with E-state index in [0.717, 1.165) is 18.4 Å². The Morgan fingerprint density at radius 2 is 2.12 bits per heavy atom. The number of nitrogens with one attached hydrogen (secondary N) is 1. The molecule has 0 atom stereocenters. The predicted octanol–water partition coefficient (Wildman–Crippen LogP) is 3.88. The summed E-state index contributed by atoms with van der Waals surface area (Å²) in [5, 5.41) is 11.6. The van der Waals surface area contributed by atoms with Crippen LogP contribution in [0.5, 0.6) is 11.5 Å². The van der Waals surface area contributed by atoms with Gasteiger partial charge in [-0.2, -0.15) is 5.26 Å². The molecule has 0 aromatic heterocycles. The van der Waals surface area contributed by atoms with Crippen molar-refractivity contribution in [2.45, 2.75) is 45.4 Å². The third-order valence-corrected chi connectivity index (χ3v) is 3.79. The average molecular weight is 353 g/mol. The number of hydrogen-bond donors (Lipinski definition) is 1. The molecule has 5 nitrogen and oxygen atoms in total. The Labute approximate surface area is 148 Å². The van der Waals surface area contributed by atoms with Crippen LogP contribution >= 0.6 is 11.6 Å². The third kappa shape index (κ3) is 7.10. The highest BCUT2D eigenvalue weighted by Gasteiger charge is 2.12. The molecule has 0 aliphatic heterocycles. The van der Waals surface area contributed by atoms with E-state index in [1.807, 2.05) is 18.2 Å². The summed E-state index contributed by atoms with van der Waals surface area (Å²) in [6.45, 7) is 3.22. The summed E-state index contributed by atoms with van der Waals surface area (Å²) >= 11 is 6.31. The minimum atomic E-state index is -0.275. The van der Waals surface area contributed by atoms with E-state index in [2.05, 4.69) is 12.2 Å². The molecule has 0 unspecified atom stereocenters. The number of halogens is 1. The maximum atomic E-state index is 11.3. The molecular weight excluding hydrogens is 328 g/mol. The Balaban J connectivity index is 2.60. The molecule has 0 spiro atoms. The number of carbonyl (C=O) groups excluding carboxylic acids is 1. The van der Waals surface area contributed by atoms with Crippen molar-refractivity contribution >= 4 is 17.5 Å². The van der Waals surface area contributed by atoms with Crippen molar-refractivity contribution in [3.8, 4) is 17.6 Å². The number of amides is 1. The van der Waals surface area contributed by atoms with Gasteiger partial charge in [0.2, 0.25) is 5.91 Å². The second-order valence-corrected chi connectivity index (χ2v) is 5.86. The lowest BCUT2D eigenvalue weighted by Crippen LogP contribution is -2.24. The van der Waals surface area contributed by atoms with Crippen LogP contribution in [0.15, 0.2) is 12.1 Å². The van der Waals surface area contributed by atoms with E-state index < -0.39 is 0 Å². The third-order valence-electron chi connectivity index (χ3n) is 3.51. The lowest BCUT2D eigenvalue weighted by Gasteiger charge is -2.14. The van der Waals surface area contributed by atoms with E-state index in [1.165, 1.54) is 12.8 Å². The summed E-state index contributed by atoms with van der Waals surface area (Å²) in [7, 11) is 1.58. The maximum Gasteiger partial charge on any atom is 0.234 e. The van der Waals surface area contributed by atoms with Crippen molar-refractivity contribution in [2.24, 2.45) is 0 Å². The first-order valence-electron chi connectivity index (χ1n) is 8.25. The van der Waals surface area contributed by atoms with Crippen molar-refractivity contribution in [3.05, 3.63) is 22.7 Å². The first-order chi connectivity index (χ1) is 11.6. The van der Waals surface area contributed by atoms with E-state index >= 15 is 0 Å². The van der Waals surface area contributed by atoms with Gasteiger partial charge in [-0.1, -0.05) is 37.8 Å². The lowest BCUT2D eigenvalue weighted by molar-refractivity contribution is -0.120. The minimum Gasteiger partial charge on any atom is -0.493 e. The molecule has 0 saturated carbocycles. The highest BCUT2D eigenvalue weighted by atomic mass is 35.5. The Kier molecular flexibility index (Phi) is 9.71. The number of nitriles is 1. The standard InChI is InChI=1S/C18H25ClN2O3/c1-3-4-5-6-11-24-18-15(19)12-14(13-16(18)23-2)8-10-21-17(22)7-9-20/h12-13H,3-8,10-11H2,1-2H3,(H,21,22). The molecule has 1 rings (SSSR count).